The Kier molecular flexibility index (Phi) is 2.32. The highest BCUT2D eigenvalue weighted by Crippen LogP contribution is 2.28. The van der Waals surface area contributed by atoms with Crippen LogP contribution in [0.25, 0.3) is 10.2 Å². The van der Waals surface area contributed by atoms with Crippen molar-refractivity contribution in [3.8, 4) is 5.75 Å². The van der Waals surface area contributed by atoms with Crippen molar-refractivity contribution in [1.29, 1.82) is 0 Å². The van der Waals surface area contributed by atoms with Crippen LogP contribution in [-0.4, -0.2) is 22.7 Å². The molecule has 0 unspecified atom stereocenters. The second-order valence-corrected chi connectivity index (χ2v) is 3.49. The Balaban J connectivity index is 2.32. The molecular formula is C9H7NO3S. The number of thiazole rings is 1. The van der Waals surface area contributed by atoms with E-state index in [0.29, 0.717) is 5.75 Å². The van der Waals surface area contributed by atoms with E-state index < -0.39 is 5.97 Å². The minimum absolute atomic E-state index is 0.322. The number of hydrogen-bond acceptors (Lipinski definition) is 4. The van der Waals surface area contributed by atoms with Gasteiger partial charge in [-0.2, -0.15) is 0 Å². The number of fused-ring (bicyclic) bond motifs is 1. The first kappa shape index (κ1) is 8.96. The van der Waals surface area contributed by atoms with Gasteiger partial charge in [0.25, 0.3) is 0 Å². The van der Waals surface area contributed by atoms with Crippen LogP contribution < -0.4 is 4.74 Å². The molecule has 0 aliphatic carbocycles. The summed E-state index contributed by atoms with van der Waals surface area (Å²) in [5, 5.41) is 8.46. The zero-order valence-corrected chi connectivity index (χ0v) is 7.95. The smallest absolute Gasteiger partial charge is 0.341 e. The van der Waals surface area contributed by atoms with Crippen molar-refractivity contribution in [2.45, 2.75) is 0 Å². The highest BCUT2D eigenvalue weighted by Gasteiger charge is 2.05. The van der Waals surface area contributed by atoms with Gasteiger partial charge < -0.3 is 9.84 Å². The number of carbonyl (C=O) groups is 1. The van der Waals surface area contributed by atoms with Gasteiger partial charge >= 0.3 is 5.97 Å². The quantitative estimate of drug-likeness (QED) is 0.836. The number of carboxylic acids is 1. The van der Waals surface area contributed by atoms with Gasteiger partial charge in [-0.3, -0.25) is 0 Å². The summed E-state index contributed by atoms with van der Waals surface area (Å²) in [5.41, 5.74) is 2.54. The standard InChI is InChI=1S/C9H7NO3S/c11-8(12)4-13-7-3-1-2-6-9(7)14-5-10-6/h1-3,5H,4H2,(H,11,12). The minimum atomic E-state index is -0.980. The van der Waals surface area contributed by atoms with Crippen LogP contribution >= 0.6 is 11.3 Å². The third-order valence-corrected chi connectivity index (χ3v) is 2.53. The van der Waals surface area contributed by atoms with Crippen molar-refractivity contribution in [3.05, 3.63) is 23.7 Å². The average molecular weight is 209 g/mol. The molecule has 0 aliphatic heterocycles. The van der Waals surface area contributed by atoms with Gasteiger partial charge in [0.05, 0.1) is 15.7 Å². The zero-order chi connectivity index (χ0) is 9.97. The van der Waals surface area contributed by atoms with Crippen molar-refractivity contribution in [2.75, 3.05) is 6.61 Å². The number of aliphatic carboxylic acids is 1. The number of hydrogen-bond donors (Lipinski definition) is 1. The van der Waals surface area contributed by atoms with Crippen LogP contribution in [0.2, 0.25) is 0 Å². The molecule has 0 saturated carbocycles. The third kappa shape index (κ3) is 1.67. The fourth-order valence-electron chi connectivity index (χ4n) is 1.11. The second-order valence-electron chi connectivity index (χ2n) is 2.64. The van der Waals surface area contributed by atoms with Gasteiger partial charge in [0.1, 0.15) is 5.75 Å². The zero-order valence-electron chi connectivity index (χ0n) is 7.14. The number of ether oxygens (including phenoxy) is 1. The molecule has 0 spiro atoms. The first-order valence-electron chi connectivity index (χ1n) is 3.94. The van der Waals surface area contributed by atoms with Crippen molar-refractivity contribution in [1.82, 2.24) is 4.98 Å². The molecule has 1 aromatic heterocycles. The fraction of sp³-hybridized carbons (Fsp3) is 0.111. The number of nitrogens with zero attached hydrogens (tertiary/aromatic N) is 1. The molecule has 0 fully saturated rings. The molecule has 0 saturated heterocycles. The Morgan fingerprint density at radius 2 is 2.43 bits per heavy atom. The molecule has 0 atom stereocenters. The van der Waals surface area contributed by atoms with E-state index in [1.807, 2.05) is 6.07 Å². The second kappa shape index (κ2) is 3.63. The van der Waals surface area contributed by atoms with E-state index in [1.54, 1.807) is 17.6 Å². The van der Waals surface area contributed by atoms with E-state index >= 15 is 0 Å². The lowest BCUT2D eigenvalue weighted by Crippen LogP contribution is -2.09. The van der Waals surface area contributed by atoms with Crippen LogP contribution in [0.15, 0.2) is 23.7 Å². The molecule has 1 N–H and O–H groups in total. The van der Waals surface area contributed by atoms with E-state index in [-0.39, 0.29) is 6.61 Å². The Morgan fingerprint density at radius 3 is 3.21 bits per heavy atom. The molecule has 72 valence electrons. The molecule has 2 aromatic rings. The molecule has 0 aliphatic rings. The average Bonchev–Trinajstić information content (AvgIpc) is 2.62. The van der Waals surface area contributed by atoms with Crippen LogP contribution in [0.3, 0.4) is 0 Å². The summed E-state index contributed by atoms with van der Waals surface area (Å²) in [6, 6.07) is 5.39. The lowest BCUT2D eigenvalue weighted by Gasteiger charge is -2.02. The van der Waals surface area contributed by atoms with Gasteiger partial charge in [-0.15, -0.1) is 11.3 Å². The molecule has 1 aromatic carbocycles. The summed E-state index contributed by atoms with van der Waals surface area (Å²) in [6.07, 6.45) is 0. The van der Waals surface area contributed by atoms with Crippen molar-refractivity contribution in [3.63, 3.8) is 0 Å². The fourth-order valence-corrected chi connectivity index (χ4v) is 1.87. The minimum Gasteiger partial charge on any atom is -0.480 e. The van der Waals surface area contributed by atoms with E-state index in [0.717, 1.165) is 10.2 Å². The van der Waals surface area contributed by atoms with E-state index in [4.69, 9.17) is 9.84 Å². The van der Waals surface area contributed by atoms with Crippen molar-refractivity contribution >= 4 is 27.5 Å². The Bertz CT molecular complexity index is 466. The third-order valence-electron chi connectivity index (χ3n) is 1.67. The summed E-state index contributed by atoms with van der Waals surface area (Å²) in [5.74, 6) is -0.404. The number of rotatable bonds is 3. The Hall–Kier alpha value is -1.62. The van der Waals surface area contributed by atoms with Crippen LogP contribution in [0.1, 0.15) is 0 Å². The monoisotopic (exact) mass is 209 g/mol. The topological polar surface area (TPSA) is 59.4 Å². The van der Waals surface area contributed by atoms with Crippen molar-refractivity contribution < 1.29 is 14.6 Å². The largest absolute Gasteiger partial charge is 0.480 e. The highest BCUT2D eigenvalue weighted by atomic mass is 32.1. The van der Waals surface area contributed by atoms with Crippen molar-refractivity contribution in [2.24, 2.45) is 0 Å². The van der Waals surface area contributed by atoms with E-state index in [1.165, 1.54) is 11.3 Å². The van der Waals surface area contributed by atoms with Gasteiger partial charge in [0, 0.05) is 0 Å². The maximum Gasteiger partial charge on any atom is 0.341 e. The number of benzene rings is 1. The maximum absolute atomic E-state index is 10.3. The summed E-state index contributed by atoms with van der Waals surface area (Å²) >= 11 is 1.44. The van der Waals surface area contributed by atoms with Gasteiger partial charge in [-0.05, 0) is 12.1 Å². The van der Waals surface area contributed by atoms with Gasteiger partial charge in [0.15, 0.2) is 6.61 Å². The molecule has 4 nitrogen and oxygen atoms in total. The number of aromatic nitrogens is 1. The summed E-state index contributed by atoms with van der Waals surface area (Å²) in [4.78, 5) is 14.4. The van der Waals surface area contributed by atoms with Gasteiger partial charge in [-0.1, -0.05) is 6.07 Å². The molecule has 14 heavy (non-hydrogen) atoms. The SMILES string of the molecule is O=C(O)COc1cccc2ncsc12. The van der Waals surface area contributed by atoms with Crippen LogP contribution in [-0.2, 0) is 4.79 Å². The van der Waals surface area contributed by atoms with Gasteiger partial charge in [0.2, 0.25) is 0 Å². The normalized spacial score (nSPS) is 10.3. The number of carboxylic acid groups (broad SMARTS) is 1. The van der Waals surface area contributed by atoms with Crippen LogP contribution in [0.4, 0.5) is 0 Å². The lowest BCUT2D eigenvalue weighted by atomic mass is 10.3. The summed E-state index contributed by atoms with van der Waals surface area (Å²) in [6.45, 7) is -0.322. The summed E-state index contributed by atoms with van der Waals surface area (Å²) in [7, 11) is 0. The molecule has 5 heteroatoms. The van der Waals surface area contributed by atoms with Gasteiger partial charge in [-0.25, -0.2) is 9.78 Å². The molecule has 0 radical (unpaired) electrons. The molecule has 0 amide bonds. The first-order chi connectivity index (χ1) is 6.77. The van der Waals surface area contributed by atoms with Crippen LogP contribution in [0, 0.1) is 0 Å². The lowest BCUT2D eigenvalue weighted by molar-refractivity contribution is -0.139. The predicted molar refractivity (Wildman–Crippen MR) is 52.8 cm³/mol. The van der Waals surface area contributed by atoms with E-state index in [2.05, 4.69) is 4.98 Å². The maximum atomic E-state index is 10.3. The molecule has 1 heterocycles. The molecule has 2 rings (SSSR count). The summed E-state index contributed by atoms with van der Waals surface area (Å²) < 4.78 is 5.99. The first-order valence-corrected chi connectivity index (χ1v) is 4.82. The predicted octanol–water partition coefficient (Wildman–Crippen LogP) is 1.76. The Morgan fingerprint density at radius 1 is 1.57 bits per heavy atom. The Labute approximate surface area is 83.8 Å². The highest BCUT2D eigenvalue weighted by molar-refractivity contribution is 7.17. The van der Waals surface area contributed by atoms with E-state index in [9.17, 15) is 4.79 Å². The van der Waals surface area contributed by atoms with Crippen LogP contribution in [0.5, 0.6) is 5.75 Å². The molecular weight excluding hydrogens is 202 g/mol. The molecule has 0 bridgehead atoms.